The Labute approximate surface area is 133 Å². The topological polar surface area (TPSA) is 82.3 Å². The van der Waals surface area contributed by atoms with Crippen molar-refractivity contribution in [3.63, 3.8) is 0 Å². The zero-order valence-corrected chi connectivity index (χ0v) is 13.2. The molecule has 1 aromatic heterocycles. The third kappa shape index (κ3) is 3.40. The standard InChI is InChI=1S/C16H14N2O4S/c1-12-17-16(22-18-12)11-21-13-7-9-15(10-8-13)23(19,20)14-5-3-2-4-6-14/h2-10H,11H2,1H3. The summed E-state index contributed by atoms with van der Waals surface area (Å²) in [4.78, 5) is 4.50. The molecule has 3 aromatic rings. The molecule has 0 saturated heterocycles. The maximum Gasteiger partial charge on any atom is 0.264 e. The highest BCUT2D eigenvalue weighted by Gasteiger charge is 2.17. The second-order valence-corrected chi connectivity index (χ2v) is 6.76. The van der Waals surface area contributed by atoms with Gasteiger partial charge in [0.2, 0.25) is 9.84 Å². The molecular weight excluding hydrogens is 316 g/mol. The Morgan fingerprint density at radius 2 is 1.65 bits per heavy atom. The molecule has 0 radical (unpaired) electrons. The molecule has 23 heavy (non-hydrogen) atoms. The summed E-state index contributed by atoms with van der Waals surface area (Å²) in [5.41, 5.74) is 0. The Hall–Kier alpha value is -2.67. The fourth-order valence-corrected chi connectivity index (χ4v) is 3.28. The molecule has 0 saturated carbocycles. The van der Waals surface area contributed by atoms with Gasteiger partial charge in [-0.05, 0) is 43.3 Å². The molecule has 0 aliphatic rings. The SMILES string of the molecule is Cc1noc(COc2ccc(S(=O)(=O)c3ccccc3)cc2)n1. The van der Waals surface area contributed by atoms with Gasteiger partial charge in [0, 0.05) is 0 Å². The monoisotopic (exact) mass is 330 g/mol. The first-order valence-electron chi connectivity index (χ1n) is 6.88. The minimum Gasteiger partial charge on any atom is -0.484 e. The van der Waals surface area contributed by atoms with Gasteiger partial charge in [-0.15, -0.1) is 0 Å². The average molecular weight is 330 g/mol. The van der Waals surface area contributed by atoms with Gasteiger partial charge in [0.05, 0.1) is 9.79 Å². The van der Waals surface area contributed by atoms with Crippen molar-refractivity contribution in [3.8, 4) is 5.75 Å². The number of nitrogens with zero attached hydrogens (tertiary/aromatic N) is 2. The quantitative estimate of drug-likeness (QED) is 0.715. The maximum atomic E-state index is 12.5. The molecule has 0 atom stereocenters. The van der Waals surface area contributed by atoms with Crippen LogP contribution in [-0.2, 0) is 16.4 Å². The van der Waals surface area contributed by atoms with Crippen LogP contribution in [-0.4, -0.2) is 18.6 Å². The van der Waals surface area contributed by atoms with Gasteiger partial charge < -0.3 is 9.26 Å². The van der Waals surface area contributed by atoms with Crippen LogP contribution in [0.1, 0.15) is 11.7 Å². The van der Waals surface area contributed by atoms with Gasteiger partial charge in [-0.25, -0.2) is 8.42 Å². The second kappa shape index (κ2) is 6.21. The van der Waals surface area contributed by atoms with Crippen molar-refractivity contribution in [3.05, 3.63) is 66.3 Å². The first kappa shape index (κ1) is 15.2. The van der Waals surface area contributed by atoms with Crippen molar-refractivity contribution in [2.45, 2.75) is 23.3 Å². The average Bonchev–Trinajstić information content (AvgIpc) is 3.00. The third-order valence-electron chi connectivity index (χ3n) is 3.12. The zero-order chi connectivity index (χ0) is 16.3. The molecule has 0 amide bonds. The van der Waals surface area contributed by atoms with Crippen LogP contribution in [0.4, 0.5) is 0 Å². The summed E-state index contributed by atoms with van der Waals surface area (Å²) in [6.07, 6.45) is 0. The van der Waals surface area contributed by atoms with E-state index in [2.05, 4.69) is 10.1 Å². The van der Waals surface area contributed by atoms with Crippen LogP contribution in [0.5, 0.6) is 5.75 Å². The lowest BCUT2D eigenvalue weighted by Crippen LogP contribution is -2.02. The van der Waals surface area contributed by atoms with E-state index >= 15 is 0 Å². The van der Waals surface area contributed by atoms with E-state index in [0.29, 0.717) is 17.5 Å². The number of rotatable bonds is 5. The predicted octanol–water partition coefficient (Wildman–Crippen LogP) is 2.79. The Bertz CT molecular complexity index is 887. The van der Waals surface area contributed by atoms with Crippen LogP contribution >= 0.6 is 0 Å². The Morgan fingerprint density at radius 1 is 1.00 bits per heavy atom. The van der Waals surface area contributed by atoms with Gasteiger partial charge in [0.15, 0.2) is 12.4 Å². The molecule has 0 spiro atoms. The smallest absolute Gasteiger partial charge is 0.264 e. The van der Waals surface area contributed by atoms with Crippen molar-refractivity contribution >= 4 is 9.84 Å². The molecule has 118 valence electrons. The van der Waals surface area contributed by atoms with E-state index in [9.17, 15) is 8.42 Å². The van der Waals surface area contributed by atoms with Crippen molar-refractivity contribution in [1.29, 1.82) is 0 Å². The normalized spacial score (nSPS) is 11.3. The van der Waals surface area contributed by atoms with E-state index in [0.717, 1.165) is 0 Å². The van der Waals surface area contributed by atoms with E-state index in [-0.39, 0.29) is 16.4 Å². The first-order valence-corrected chi connectivity index (χ1v) is 8.36. The van der Waals surface area contributed by atoms with Crippen molar-refractivity contribution in [2.24, 2.45) is 0 Å². The van der Waals surface area contributed by atoms with Crippen LogP contribution in [0.15, 0.2) is 68.9 Å². The first-order chi connectivity index (χ1) is 11.1. The van der Waals surface area contributed by atoms with Gasteiger partial charge >= 0.3 is 0 Å². The van der Waals surface area contributed by atoms with Crippen LogP contribution in [0.25, 0.3) is 0 Å². The molecule has 2 aromatic carbocycles. The van der Waals surface area contributed by atoms with E-state index in [1.807, 2.05) is 0 Å². The fraction of sp³-hybridized carbons (Fsp3) is 0.125. The van der Waals surface area contributed by atoms with E-state index in [1.54, 1.807) is 49.4 Å². The van der Waals surface area contributed by atoms with Crippen LogP contribution in [0.3, 0.4) is 0 Å². The molecule has 0 fully saturated rings. The second-order valence-electron chi connectivity index (χ2n) is 4.81. The van der Waals surface area contributed by atoms with Gasteiger partial charge in [-0.3, -0.25) is 0 Å². The number of ether oxygens (including phenoxy) is 1. The predicted molar refractivity (Wildman–Crippen MR) is 81.7 cm³/mol. The molecule has 0 aliphatic heterocycles. The molecule has 0 unspecified atom stereocenters. The van der Waals surface area contributed by atoms with Gasteiger partial charge in [-0.2, -0.15) is 4.98 Å². The van der Waals surface area contributed by atoms with E-state index in [4.69, 9.17) is 9.26 Å². The highest BCUT2D eigenvalue weighted by Crippen LogP contribution is 2.23. The molecule has 0 bridgehead atoms. The van der Waals surface area contributed by atoms with Gasteiger partial charge in [-0.1, -0.05) is 23.4 Å². The summed E-state index contributed by atoms with van der Waals surface area (Å²) in [6.45, 7) is 1.85. The lowest BCUT2D eigenvalue weighted by molar-refractivity contribution is 0.242. The largest absolute Gasteiger partial charge is 0.484 e. The molecular formula is C16H14N2O4S. The Morgan fingerprint density at radius 3 is 2.26 bits per heavy atom. The molecule has 6 nitrogen and oxygen atoms in total. The van der Waals surface area contributed by atoms with Gasteiger partial charge in [0.25, 0.3) is 5.89 Å². The summed E-state index contributed by atoms with van der Waals surface area (Å²) in [6, 6.07) is 14.5. The molecule has 3 rings (SSSR count). The van der Waals surface area contributed by atoms with Crippen LogP contribution in [0, 0.1) is 6.92 Å². The van der Waals surface area contributed by atoms with Crippen LogP contribution in [0.2, 0.25) is 0 Å². The number of sulfone groups is 1. The molecule has 0 N–H and O–H groups in total. The lowest BCUT2D eigenvalue weighted by Gasteiger charge is -2.06. The number of hydrogen-bond donors (Lipinski definition) is 0. The zero-order valence-electron chi connectivity index (χ0n) is 12.3. The molecule has 1 heterocycles. The summed E-state index contributed by atoms with van der Waals surface area (Å²) >= 11 is 0. The third-order valence-corrected chi connectivity index (χ3v) is 4.91. The highest BCUT2D eigenvalue weighted by molar-refractivity contribution is 7.91. The molecule has 0 aliphatic carbocycles. The summed E-state index contributed by atoms with van der Waals surface area (Å²) in [7, 11) is -3.52. The summed E-state index contributed by atoms with van der Waals surface area (Å²) in [5.74, 6) is 1.42. The minimum absolute atomic E-state index is 0.131. The maximum absolute atomic E-state index is 12.5. The fourth-order valence-electron chi connectivity index (χ4n) is 1.99. The number of benzene rings is 2. The van der Waals surface area contributed by atoms with Crippen molar-refractivity contribution < 1.29 is 17.7 Å². The highest BCUT2D eigenvalue weighted by atomic mass is 32.2. The van der Waals surface area contributed by atoms with E-state index in [1.165, 1.54) is 12.1 Å². The van der Waals surface area contributed by atoms with Crippen molar-refractivity contribution in [2.75, 3.05) is 0 Å². The summed E-state index contributed by atoms with van der Waals surface area (Å²) < 4.78 is 35.3. The number of hydrogen-bond acceptors (Lipinski definition) is 6. The van der Waals surface area contributed by atoms with Crippen LogP contribution < -0.4 is 4.74 Å². The van der Waals surface area contributed by atoms with Gasteiger partial charge in [0.1, 0.15) is 5.75 Å². The molecule has 7 heteroatoms. The number of aromatic nitrogens is 2. The van der Waals surface area contributed by atoms with E-state index < -0.39 is 9.84 Å². The Kier molecular flexibility index (Phi) is 4.12. The number of aryl methyl sites for hydroxylation is 1. The summed E-state index contributed by atoms with van der Waals surface area (Å²) in [5, 5.41) is 3.66. The van der Waals surface area contributed by atoms with Crippen molar-refractivity contribution in [1.82, 2.24) is 10.1 Å². The minimum atomic E-state index is -3.52. The lowest BCUT2D eigenvalue weighted by atomic mass is 10.3. The Balaban J connectivity index is 1.74.